The molecule has 31 heavy (non-hydrogen) atoms. The van der Waals surface area contributed by atoms with Gasteiger partial charge in [-0.1, -0.05) is 12.1 Å². The molecule has 0 saturated carbocycles. The number of sulfonamides is 1. The SMILES string of the molecule is Cc1nc(N(C)C)cc(N2CCN(S(=O)(=O)c3ccc(-c4coc(C)n4)cc3)CC2)n1. The highest BCUT2D eigenvalue weighted by Crippen LogP contribution is 2.25. The Hall–Kier alpha value is -2.98. The Balaban J connectivity index is 1.47. The van der Waals surface area contributed by atoms with Gasteiger partial charge in [-0.15, -0.1) is 0 Å². The molecular weight excluding hydrogens is 416 g/mol. The lowest BCUT2D eigenvalue weighted by Crippen LogP contribution is -2.49. The smallest absolute Gasteiger partial charge is 0.243 e. The normalized spacial score (nSPS) is 15.3. The average molecular weight is 443 g/mol. The minimum atomic E-state index is -3.57. The summed E-state index contributed by atoms with van der Waals surface area (Å²) in [6.07, 6.45) is 1.56. The number of benzene rings is 1. The van der Waals surface area contributed by atoms with Crippen molar-refractivity contribution in [2.24, 2.45) is 0 Å². The molecule has 0 bridgehead atoms. The molecule has 0 N–H and O–H groups in total. The predicted molar refractivity (Wildman–Crippen MR) is 119 cm³/mol. The summed E-state index contributed by atoms with van der Waals surface area (Å²) in [5.74, 6) is 2.92. The Morgan fingerprint density at radius 1 is 0.968 bits per heavy atom. The Morgan fingerprint density at radius 2 is 1.65 bits per heavy atom. The third-order valence-corrected chi connectivity index (χ3v) is 7.15. The van der Waals surface area contributed by atoms with Crippen LogP contribution >= 0.6 is 0 Å². The largest absolute Gasteiger partial charge is 0.449 e. The average Bonchev–Trinajstić information content (AvgIpc) is 3.20. The zero-order chi connectivity index (χ0) is 22.2. The van der Waals surface area contributed by atoms with Crippen molar-refractivity contribution in [2.75, 3.05) is 50.1 Å². The predicted octanol–water partition coefficient (Wildman–Crippen LogP) is 2.33. The van der Waals surface area contributed by atoms with Crippen molar-refractivity contribution >= 4 is 21.7 Å². The van der Waals surface area contributed by atoms with E-state index in [1.165, 1.54) is 4.31 Å². The zero-order valence-corrected chi connectivity index (χ0v) is 18.9. The molecule has 9 nitrogen and oxygen atoms in total. The van der Waals surface area contributed by atoms with E-state index < -0.39 is 10.0 Å². The summed E-state index contributed by atoms with van der Waals surface area (Å²) in [5.41, 5.74) is 1.50. The number of anilines is 2. The Kier molecular flexibility index (Phi) is 5.67. The van der Waals surface area contributed by atoms with Crippen LogP contribution < -0.4 is 9.80 Å². The van der Waals surface area contributed by atoms with E-state index in [1.807, 2.05) is 32.0 Å². The molecule has 0 aliphatic carbocycles. The molecule has 1 saturated heterocycles. The minimum Gasteiger partial charge on any atom is -0.449 e. The number of piperazine rings is 1. The quantitative estimate of drug-likeness (QED) is 0.594. The number of oxazole rings is 1. The second-order valence-electron chi connectivity index (χ2n) is 7.69. The molecule has 2 aromatic heterocycles. The summed E-state index contributed by atoms with van der Waals surface area (Å²) in [5, 5.41) is 0. The van der Waals surface area contributed by atoms with Gasteiger partial charge >= 0.3 is 0 Å². The van der Waals surface area contributed by atoms with Gasteiger partial charge in [-0.2, -0.15) is 4.31 Å². The van der Waals surface area contributed by atoms with Crippen LogP contribution in [-0.2, 0) is 10.0 Å². The molecule has 1 aliphatic heterocycles. The maximum atomic E-state index is 13.1. The second-order valence-corrected chi connectivity index (χ2v) is 9.63. The summed E-state index contributed by atoms with van der Waals surface area (Å²) in [6, 6.07) is 8.69. The van der Waals surface area contributed by atoms with Crippen LogP contribution in [0.3, 0.4) is 0 Å². The van der Waals surface area contributed by atoms with E-state index in [1.54, 1.807) is 37.5 Å². The summed E-state index contributed by atoms with van der Waals surface area (Å²) in [6.45, 7) is 5.56. The number of hydrogen-bond acceptors (Lipinski definition) is 8. The third kappa shape index (κ3) is 4.40. The van der Waals surface area contributed by atoms with Crippen LogP contribution in [0, 0.1) is 13.8 Å². The number of aromatic nitrogens is 3. The van der Waals surface area contributed by atoms with Gasteiger partial charge < -0.3 is 14.2 Å². The molecule has 1 fully saturated rings. The molecule has 3 aromatic rings. The lowest BCUT2D eigenvalue weighted by molar-refractivity contribution is 0.383. The molecule has 3 heterocycles. The monoisotopic (exact) mass is 442 g/mol. The molecule has 0 atom stereocenters. The lowest BCUT2D eigenvalue weighted by atomic mass is 10.2. The standard InChI is InChI=1S/C21H26N6O3S/c1-15-22-20(25(3)4)13-21(23-15)26-9-11-27(12-10-26)31(28,29)18-7-5-17(6-8-18)19-14-30-16(2)24-19/h5-8,13-14H,9-12H2,1-4H3. The topological polar surface area (TPSA) is 95.7 Å². The Labute approximate surface area is 182 Å². The molecule has 164 valence electrons. The van der Waals surface area contributed by atoms with E-state index >= 15 is 0 Å². The highest BCUT2D eigenvalue weighted by atomic mass is 32.2. The fraction of sp³-hybridized carbons (Fsp3) is 0.381. The van der Waals surface area contributed by atoms with Crippen molar-refractivity contribution in [3.05, 3.63) is 48.3 Å². The van der Waals surface area contributed by atoms with E-state index in [0.717, 1.165) is 17.2 Å². The van der Waals surface area contributed by atoms with Crippen molar-refractivity contribution in [1.82, 2.24) is 19.3 Å². The Bertz CT molecular complexity index is 1170. The van der Waals surface area contributed by atoms with E-state index in [0.29, 0.717) is 43.6 Å². The molecule has 0 spiro atoms. The number of nitrogens with zero attached hydrogens (tertiary/aromatic N) is 6. The van der Waals surface area contributed by atoms with Crippen LogP contribution in [0.1, 0.15) is 11.7 Å². The van der Waals surface area contributed by atoms with Gasteiger partial charge in [-0.05, 0) is 19.1 Å². The van der Waals surface area contributed by atoms with Crippen molar-refractivity contribution in [3.8, 4) is 11.3 Å². The van der Waals surface area contributed by atoms with Crippen LogP contribution in [0.4, 0.5) is 11.6 Å². The highest BCUT2D eigenvalue weighted by molar-refractivity contribution is 7.89. The molecule has 10 heteroatoms. The van der Waals surface area contributed by atoms with Gasteiger partial charge in [-0.3, -0.25) is 0 Å². The maximum Gasteiger partial charge on any atom is 0.243 e. The van der Waals surface area contributed by atoms with E-state index in [-0.39, 0.29) is 4.90 Å². The van der Waals surface area contributed by atoms with Gasteiger partial charge in [0.2, 0.25) is 10.0 Å². The van der Waals surface area contributed by atoms with Crippen LogP contribution in [0.15, 0.2) is 45.9 Å². The molecule has 0 unspecified atom stereocenters. The van der Waals surface area contributed by atoms with Crippen molar-refractivity contribution in [3.63, 3.8) is 0 Å². The van der Waals surface area contributed by atoms with Crippen molar-refractivity contribution in [1.29, 1.82) is 0 Å². The summed E-state index contributed by atoms with van der Waals surface area (Å²) in [4.78, 5) is 17.5. The van der Waals surface area contributed by atoms with Gasteiger partial charge in [0.25, 0.3) is 0 Å². The number of rotatable bonds is 5. The highest BCUT2D eigenvalue weighted by Gasteiger charge is 2.29. The van der Waals surface area contributed by atoms with Gasteiger partial charge in [0.15, 0.2) is 5.89 Å². The van der Waals surface area contributed by atoms with Crippen LogP contribution in [0.2, 0.25) is 0 Å². The Morgan fingerprint density at radius 3 is 2.23 bits per heavy atom. The fourth-order valence-electron chi connectivity index (χ4n) is 3.53. The first-order chi connectivity index (χ1) is 14.7. The van der Waals surface area contributed by atoms with E-state index in [2.05, 4.69) is 19.9 Å². The lowest BCUT2D eigenvalue weighted by Gasteiger charge is -2.35. The molecule has 0 radical (unpaired) electrons. The van der Waals surface area contributed by atoms with Gasteiger partial charge in [-0.25, -0.2) is 23.4 Å². The first-order valence-electron chi connectivity index (χ1n) is 10.0. The summed E-state index contributed by atoms with van der Waals surface area (Å²) in [7, 11) is 0.302. The fourth-order valence-corrected chi connectivity index (χ4v) is 4.95. The third-order valence-electron chi connectivity index (χ3n) is 5.24. The molecule has 1 aliphatic rings. The van der Waals surface area contributed by atoms with Crippen molar-refractivity contribution < 1.29 is 12.8 Å². The molecular formula is C21H26N6O3S. The second kappa shape index (κ2) is 8.27. The van der Waals surface area contributed by atoms with E-state index in [9.17, 15) is 8.42 Å². The summed E-state index contributed by atoms with van der Waals surface area (Å²) >= 11 is 0. The van der Waals surface area contributed by atoms with Crippen molar-refractivity contribution in [2.45, 2.75) is 18.7 Å². The molecule has 1 aromatic carbocycles. The van der Waals surface area contributed by atoms with Crippen LogP contribution in [0.5, 0.6) is 0 Å². The first kappa shape index (κ1) is 21.3. The van der Waals surface area contributed by atoms with Crippen LogP contribution in [0.25, 0.3) is 11.3 Å². The molecule has 4 rings (SSSR count). The number of aryl methyl sites for hydroxylation is 2. The zero-order valence-electron chi connectivity index (χ0n) is 18.1. The first-order valence-corrected chi connectivity index (χ1v) is 11.5. The number of hydrogen-bond donors (Lipinski definition) is 0. The van der Waals surface area contributed by atoms with Gasteiger partial charge in [0.1, 0.15) is 29.4 Å². The molecule has 0 amide bonds. The summed E-state index contributed by atoms with van der Waals surface area (Å²) < 4.78 is 33.0. The van der Waals surface area contributed by atoms with E-state index in [4.69, 9.17) is 4.42 Å². The maximum absolute atomic E-state index is 13.1. The van der Waals surface area contributed by atoms with Gasteiger partial charge in [0, 0.05) is 58.8 Å². The van der Waals surface area contributed by atoms with Crippen LogP contribution in [-0.4, -0.2) is 67.9 Å². The van der Waals surface area contributed by atoms with Gasteiger partial charge in [0.05, 0.1) is 4.90 Å². The minimum absolute atomic E-state index is 0.276.